The predicted octanol–water partition coefficient (Wildman–Crippen LogP) is 3.73. The summed E-state index contributed by atoms with van der Waals surface area (Å²) in [6.07, 6.45) is 11.2. The minimum atomic E-state index is 0.343. The Balaban J connectivity index is 1.96. The number of nitrogens with zero attached hydrogens (tertiary/aromatic N) is 1. The lowest BCUT2D eigenvalue weighted by Gasteiger charge is -2.35. The van der Waals surface area contributed by atoms with Crippen LogP contribution in [0.25, 0.3) is 0 Å². The fourth-order valence-corrected chi connectivity index (χ4v) is 3.75. The zero-order valence-corrected chi connectivity index (χ0v) is 12.3. The largest absolute Gasteiger partial charge is 0.339 e. The fraction of sp³-hybridized carbons (Fsp3) is 0.929. The molecule has 0 unspecified atom stereocenters. The van der Waals surface area contributed by atoms with Crippen molar-refractivity contribution in [3.63, 3.8) is 0 Å². The molecule has 17 heavy (non-hydrogen) atoms. The van der Waals surface area contributed by atoms with Crippen LogP contribution in [0.5, 0.6) is 0 Å². The molecule has 0 atom stereocenters. The van der Waals surface area contributed by atoms with E-state index in [0.29, 0.717) is 17.9 Å². The summed E-state index contributed by atoms with van der Waals surface area (Å²) >= 11 is 3.50. The summed E-state index contributed by atoms with van der Waals surface area (Å²) in [5, 5.41) is 0.919. The third kappa shape index (κ3) is 3.46. The van der Waals surface area contributed by atoms with Crippen LogP contribution in [-0.2, 0) is 4.79 Å². The highest BCUT2D eigenvalue weighted by Gasteiger charge is 2.31. The van der Waals surface area contributed by atoms with Crippen LogP contribution >= 0.6 is 15.9 Å². The van der Waals surface area contributed by atoms with Crippen molar-refractivity contribution in [2.75, 3.05) is 11.9 Å². The summed E-state index contributed by atoms with van der Waals surface area (Å²) in [6.45, 7) is 0.903. The minimum Gasteiger partial charge on any atom is -0.339 e. The van der Waals surface area contributed by atoms with Gasteiger partial charge in [0.15, 0.2) is 0 Å². The van der Waals surface area contributed by atoms with Gasteiger partial charge in [0, 0.05) is 23.8 Å². The number of rotatable bonds is 4. The number of carbonyl (C=O) groups excluding carboxylic acids is 1. The van der Waals surface area contributed by atoms with Crippen LogP contribution in [0, 0.1) is 5.92 Å². The molecule has 2 fully saturated rings. The summed E-state index contributed by atoms with van der Waals surface area (Å²) < 4.78 is 0. The van der Waals surface area contributed by atoms with Crippen LogP contribution in [0.3, 0.4) is 0 Å². The Kier molecular flexibility index (Phi) is 5.33. The molecule has 98 valence electrons. The molecule has 0 aliphatic heterocycles. The van der Waals surface area contributed by atoms with E-state index < -0.39 is 0 Å². The molecule has 0 heterocycles. The molecule has 2 nitrogen and oxygen atoms in total. The van der Waals surface area contributed by atoms with Gasteiger partial charge in [0.05, 0.1) is 0 Å². The molecule has 0 aromatic heterocycles. The van der Waals surface area contributed by atoms with E-state index in [1.54, 1.807) is 0 Å². The van der Waals surface area contributed by atoms with Gasteiger partial charge in [-0.25, -0.2) is 0 Å². The zero-order chi connectivity index (χ0) is 12.1. The Morgan fingerprint density at radius 3 is 2.18 bits per heavy atom. The molecule has 2 aliphatic carbocycles. The molecule has 0 saturated heterocycles. The smallest absolute Gasteiger partial charge is 0.225 e. The van der Waals surface area contributed by atoms with Gasteiger partial charge in [-0.3, -0.25) is 4.79 Å². The second-order valence-corrected chi connectivity index (χ2v) is 6.29. The molecule has 3 heteroatoms. The van der Waals surface area contributed by atoms with E-state index >= 15 is 0 Å². The Hall–Kier alpha value is -0.0500. The van der Waals surface area contributed by atoms with E-state index in [-0.39, 0.29) is 0 Å². The normalized spacial score (nSPS) is 22.9. The summed E-state index contributed by atoms with van der Waals surface area (Å²) in [7, 11) is 0. The maximum absolute atomic E-state index is 12.5. The van der Waals surface area contributed by atoms with E-state index in [2.05, 4.69) is 20.8 Å². The summed E-state index contributed by atoms with van der Waals surface area (Å²) in [4.78, 5) is 14.7. The molecule has 0 bridgehead atoms. The van der Waals surface area contributed by atoms with E-state index in [9.17, 15) is 4.79 Å². The number of alkyl halides is 1. The van der Waals surface area contributed by atoms with Crippen molar-refractivity contribution >= 4 is 21.8 Å². The van der Waals surface area contributed by atoms with Gasteiger partial charge in [-0.2, -0.15) is 0 Å². The number of halogens is 1. The van der Waals surface area contributed by atoms with Gasteiger partial charge >= 0.3 is 0 Å². The summed E-state index contributed by atoms with van der Waals surface area (Å²) in [6, 6.07) is 0.536. The molecule has 0 N–H and O–H groups in total. The number of amides is 1. The Morgan fingerprint density at radius 1 is 1.00 bits per heavy atom. The zero-order valence-electron chi connectivity index (χ0n) is 10.7. The van der Waals surface area contributed by atoms with Crippen molar-refractivity contribution in [1.29, 1.82) is 0 Å². The first-order valence-electron chi connectivity index (χ1n) is 7.19. The maximum Gasteiger partial charge on any atom is 0.225 e. The molecule has 1 amide bonds. The van der Waals surface area contributed by atoms with Gasteiger partial charge in [-0.1, -0.05) is 48.0 Å². The monoisotopic (exact) mass is 301 g/mol. The van der Waals surface area contributed by atoms with E-state index in [1.807, 2.05) is 0 Å². The molecule has 2 rings (SSSR count). The summed E-state index contributed by atoms with van der Waals surface area (Å²) in [5.74, 6) is 0.796. The molecule has 2 saturated carbocycles. The van der Waals surface area contributed by atoms with Crippen LogP contribution in [0.2, 0.25) is 0 Å². The third-order valence-electron chi connectivity index (χ3n) is 4.33. The third-order valence-corrected chi connectivity index (χ3v) is 4.68. The van der Waals surface area contributed by atoms with E-state index in [1.165, 1.54) is 44.9 Å². The SMILES string of the molecule is O=C(C1CCCC1)N(CCBr)C1CCCCC1. The van der Waals surface area contributed by atoms with Crippen molar-refractivity contribution in [2.45, 2.75) is 63.8 Å². The molecule has 0 aromatic carbocycles. The van der Waals surface area contributed by atoms with Gasteiger partial charge in [-0.15, -0.1) is 0 Å². The van der Waals surface area contributed by atoms with Crippen molar-refractivity contribution in [3.05, 3.63) is 0 Å². The lowest BCUT2D eigenvalue weighted by atomic mass is 9.93. The average molecular weight is 302 g/mol. The molecular formula is C14H24BrNO. The highest BCUT2D eigenvalue weighted by molar-refractivity contribution is 9.09. The molecular weight excluding hydrogens is 278 g/mol. The van der Waals surface area contributed by atoms with Gasteiger partial charge < -0.3 is 4.90 Å². The molecule has 0 spiro atoms. The fourth-order valence-electron chi connectivity index (χ4n) is 3.36. The van der Waals surface area contributed by atoms with Crippen molar-refractivity contribution in [1.82, 2.24) is 4.90 Å². The predicted molar refractivity (Wildman–Crippen MR) is 74.3 cm³/mol. The highest BCUT2D eigenvalue weighted by Crippen LogP contribution is 2.30. The lowest BCUT2D eigenvalue weighted by Crippen LogP contribution is -2.45. The number of hydrogen-bond acceptors (Lipinski definition) is 1. The van der Waals surface area contributed by atoms with Gasteiger partial charge in [0.1, 0.15) is 0 Å². The lowest BCUT2D eigenvalue weighted by molar-refractivity contribution is -0.138. The van der Waals surface area contributed by atoms with Gasteiger partial charge in [0.25, 0.3) is 0 Å². The number of hydrogen-bond donors (Lipinski definition) is 0. The molecule has 0 aromatic rings. The second-order valence-electron chi connectivity index (χ2n) is 5.49. The van der Waals surface area contributed by atoms with Crippen LogP contribution in [0.1, 0.15) is 57.8 Å². The second kappa shape index (κ2) is 6.77. The molecule has 0 radical (unpaired) electrons. The van der Waals surface area contributed by atoms with Crippen molar-refractivity contribution in [2.24, 2.45) is 5.92 Å². The first-order chi connectivity index (χ1) is 8.33. The maximum atomic E-state index is 12.5. The van der Waals surface area contributed by atoms with Crippen LogP contribution in [-0.4, -0.2) is 28.7 Å². The average Bonchev–Trinajstić information content (AvgIpc) is 2.90. The first kappa shape index (κ1) is 13.4. The van der Waals surface area contributed by atoms with Crippen LogP contribution < -0.4 is 0 Å². The number of carbonyl (C=O) groups is 1. The van der Waals surface area contributed by atoms with E-state index in [4.69, 9.17) is 0 Å². The van der Waals surface area contributed by atoms with Crippen molar-refractivity contribution in [3.8, 4) is 0 Å². The Bertz CT molecular complexity index is 245. The van der Waals surface area contributed by atoms with Crippen LogP contribution in [0.4, 0.5) is 0 Å². The van der Waals surface area contributed by atoms with Crippen molar-refractivity contribution < 1.29 is 4.79 Å². The van der Waals surface area contributed by atoms with E-state index in [0.717, 1.165) is 24.7 Å². The van der Waals surface area contributed by atoms with Crippen LogP contribution in [0.15, 0.2) is 0 Å². The molecule has 2 aliphatic rings. The quantitative estimate of drug-likeness (QED) is 0.725. The summed E-state index contributed by atoms with van der Waals surface area (Å²) in [5.41, 5.74) is 0. The minimum absolute atomic E-state index is 0.343. The standard InChI is InChI=1S/C14H24BrNO/c15-10-11-16(13-8-2-1-3-9-13)14(17)12-6-4-5-7-12/h12-13H,1-11H2. The van der Waals surface area contributed by atoms with Gasteiger partial charge in [0.2, 0.25) is 5.91 Å². The Labute approximate surface area is 113 Å². The van der Waals surface area contributed by atoms with Gasteiger partial charge in [-0.05, 0) is 25.7 Å². The Morgan fingerprint density at radius 2 is 1.59 bits per heavy atom. The topological polar surface area (TPSA) is 20.3 Å². The highest BCUT2D eigenvalue weighted by atomic mass is 79.9. The first-order valence-corrected chi connectivity index (χ1v) is 8.31.